The van der Waals surface area contributed by atoms with Gasteiger partial charge < -0.3 is 9.88 Å². The number of hydrogen-bond acceptors (Lipinski definition) is 3. The standard InChI is InChI=1S/C21H30N4O/c1-17(2)21-23-11-14-25(21)12-6-10-22-20(26)16-24-13-9-19(15-24)18-7-4-3-5-8-18/h3-5,7-8,11,14,17,19H,6,9-10,12-13,15-16H2,1-2H3,(H,22,26). The van der Waals surface area contributed by atoms with Gasteiger partial charge in [0.15, 0.2) is 0 Å². The molecule has 1 saturated heterocycles. The van der Waals surface area contributed by atoms with E-state index in [-0.39, 0.29) is 5.91 Å². The monoisotopic (exact) mass is 354 g/mol. The van der Waals surface area contributed by atoms with Crippen LogP contribution >= 0.6 is 0 Å². The summed E-state index contributed by atoms with van der Waals surface area (Å²) in [6, 6.07) is 10.6. The van der Waals surface area contributed by atoms with Crippen molar-refractivity contribution in [2.75, 3.05) is 26.2 Å². The van der Waals surface area contributed by atoms with Crippen molar-refractivity contribution in [3.8, 4) is 0 Å². The van der Waals surface area contributed by atoms with Crippen LogP contribution in [0, 0.1) is 0 Å². The van der Waals surface area contributed by atoms with E-state index < -0.39 is 0 Å². The van der Waals surface area contributed by atoms with Crippen LogP contribution in [0.1, 0.15) is 49.9 Å². The summed E-state index contributed by atoms with van der Waals surface area (Å²) in [7, 11) is 0. The Kier molecular flexibility index (Phi) is 6.45. The zero-order valence-corrected chi connectivity index (χ0v) is 15.9. The molecule has 5 heteroatoms. The lowest BCUT2D eigenvalue weighted by molar-refractivity contribution is -0.122. The average molecular weight is 354 g/mol. The van der Waals surface area contributed by atoms with E-state index in [1.165, 1.54) is 5.56 Å². The third-order valence-corrected chi connectivity index (χ3v) is 5.07. The lowest BCUT2D eigenvalue weighted by Crippen LogP contribution is -2.36. The summed E-state index contributed by atoms with van der Waals surface area (Å²) < 4.78 is 2.18. The molecule has 3 rings (SSSR count). The highest BCUT2D eigenvalue weighted by Gasteiger charge is 2.24. The SMILES string of the molecule is CC(C)c1nccn1CCCNC(=O)CN1CCC(c2ccccc2)C1. The molecule has 1 N–H and O–H groups in total. The number of carbonyl (C=O) groups is 1. The van der Waals surface area contributed by atoms with Crippen LogP contribution in [-0.2, 0) is 11.3 Å². The largest absolute Gasteiger partial charge is 0.355 e. The van der Waals surface area contributed by atoms with E-state index in [2.05, 4.69) is 63.9 Å². The van der Waals surface area contributed by atoms with E-state index in [1.807, 2.05) is 12.4 Å². The summed E-state index contributed by atoms with van der Waals surface area (Å²) in [4.78, 5) is 18.9. The maximum atomic E-state index is 12.2. The maximum absolute atomic E-state index is 12.2. The Morgan fingerprint density at radius 2 is 2.12 bits per heavy atom. The van der Waals surface area contributed by atoms with E-state index in [1.54, 1.807) is 0 Å². The number of amides is 1. The molecule has 2 aromatic rings. The molecule has 2 heterocycles. The quantitative estimate of drug-likeness (QED) is 0.742. The van der Waals surface area contributed by atoms with E-state index in [9.17, 15) is 4.79 Å². The van der Waals surface area contributed by atoms with Crippen molar-refractivity contribution in [3.05, 3.63) is 54.1 Å². The highest BCUT2D eigenvalue weighted by Crippen LogP contribution is 2.26. The number of nitrogens with one attached hydrogen (secondary N) is 1. The molecule has 0 saturated carbocycles. The number of benzene rings is 1. The predicted octanol–water partition coefficient (Wildman–Crippen LogP) is 3.00. The molecule has 26 heavy (non-hydrogen) atoms. The zero-order valence-electron chi connectivity index (χ0n) is 15.9. The second-order valence-electron chi connectivity index (χ2n) is 7.47. The molecule has 1 unspecified atom stereocenters. The molecule has 1 fully saturated rings. The van der Waals surface area contributed by atoms with Crippen molar-refractivity contribution in [1.82, 2.24) is 19.8 Å². The van der Waals surface area contributed by atoms with Crippen molar-refractivity contribution < 1.29 is 4.79 Å². The fraction of sp³-hybridized carbons (Fsp3) is 0.524. The van der Waals surface area contributed by atoms with Crippen LogP contribution in [0.4, 0.5) is 0 Å². The Morgan fingerprint density at radius 3 is 2.88 bits per heavy atom. The first-order valence-corrected chi connectivity index (χ1v) is 9.68. The first-order chi connectivity index (χ1) is 12.6. The highest BCUT2D eigenvalue weighted by molar-refractivity contribution is 5.78. The average Bonchev–Trinajstić information content (AvgIpc) is 3.29. The smallest absolute Gasteiger partial charge is 0.234 e. The third-order valence-electron chi connectivity index (χ3n) is 5.07. The molecular formula is C21H30N4O. The van der Waals surface area contributed by atoms with Crippen molar-refractivity contribution in [3.63, 3.8) is 0 Å². The fourth-order valence-corrected chi connectivity index (χ4v) is 3.72. The van der Waals surface area contributed by atoms with Gasteiger partial charge in [-0.2, -0.15) is 0 Å². The molecule has 5 nitrogen and oxygen atoms in total. The number of aromatic nitrogens is 2. The lowest BCUT2D eigenvalue weighted by atomic mass is 9.99. The molecule has 0 spiro atoms. The Morgan fingerprint density at radius 1 is 1.31 bits per heavy atom. The van der Waals surface area contributed by atoms with Crippen molar-refractivity contribution in [2.45, 2.75) is 45.1 Å². The molecular weight excluding hydrogens is 324 g/mol. The molecule has 1 aliphatic heterocycles. The molecule has 140 valence electrons. The third kappa shape index (κ3) is 4.94. The number of hydrogen-bond donors (Lipinski definition) is 1. The molecule has 1 atom stereocenters. The van der Waals surface area contributed by atoms with Gasteiger partial charge in [-0.25, -0.2) is 4.98 Å². The van der Waals surface area contributed by atoms with Crippen LogP contribution in [0.5, 0.6) is 0 Å². The van der Waals surface area contributed by atoms with Gasteiger partial charge in [0.2, 0.25) is 5.91 Å². The van der Waals surface area contributed by atoms with E-state index >= 15 is 0 Å². The van der Waals surface area contributed by atoms with E-state index in [4.69, 9.17) is 0 Å². The molecule has 0 radical (unpaired) electrons. The minimum Gasteiger partial charge on any atom is -0.355 e. The van der Waals surface area contributed by atoms with Crippen molar-refractivity contribution in [2.24, 2.45) is 0 Å². The predicted molar refractivity (Wildman–Crippen MR) is 104 cm³/mol. The molecule has 0 bridgehead atoms. The minimum absolute atomic E-state index is 0.133. The first kappa shape index (κ1) is 18.6. The van der Waals surface area contributed by atoms with Gasteiger partial charge in [0.25, 0.3) is 0 Å². The number of likely N-dealkylation sites (tertiary alicyclic amines) is 1. The van der Waals surface area contributed by atoms with Gasteiger partial charge in [-0.15, -0.1) is 0 Å². The second kappa shape index (κ2) is 8.99. The van der Waals surface area contributed by atoms with Gasteiger partial charge in [-0.3, -0.25) is 9.69 Å². The summed E-state index contributed by atoms with van der Waals surface area (Å²) in [5.41, 5.74) is 1.39. The van der Waals surface area contributed by atoms with E-state index in [0.29, 0.717) is 24.9 Å². The van der Waals surface area contributed by atoms with Gasteiger partial charge in [-0.05, 0) is 30.9 Å². The summed E-state index contributed by atoms with van der Waals surface area (Å²) in [6.45, 7) is 8.40. The second-order valence-corrected chi connectivity index (χ2v) is 7.47. The Labute approximate surface area is 156 Å². The fourth-order valence-electron chi connectivity index (χ4n) is 3.72. The van der Waals surface area contributed by atoms with Gasteiger partial charge in [-0.1, -0.05) is 44.2 Å². The number of imidazole rings is 1. The summed E-state index contributed by atoms with van der Waals surface area (Å²) in [5.74, 6) is 2.22. The molecule has 1 aromatic heterocycles. The molecule has 1 amide bonds. The topological polar surface area (TPSA) is 50.2 Å². The Bertz CT molecular complexity index is 695. The summed E-state index contributed by atoms with van der Waals surface area (Å²) >= 11 is 0. The van der Waals surface area contributed by atoms with Crippen molar-refractivity contribution >= 4 is 5.91 Å². The summed E-state index contributed by atoms with van der Waals surface area (Å²) in [5, 5.41) is 3.06. The maximum Gasteiger partial charge on any atom is 0.234 e. The summed E-state index contributed by atoms with van der Waals surface area (Å²) in [6.07, 6.45) is 5.93. The zero-order chi connectivity index (χ0) is 18.4. The van der Waals surface area contributed by atoms with Gasteiger partial charge in [0, 0.05) is 37.9 Å². The van der Waals surface area contributed by atoms with Crippen molar-refractivity contribution in [1.29, 1.82) is 0 Å². The first-order valence-electron chi connectivity index (χ1n) is 9.68. The van der Waals surface area contributed by atoms with Gasteiger partial charge >= 0.3 is 0 Å². The lowest BCUT2D eigenvalue weighted by Gasteiger charge is -2.16. The Balaban J connectivity index is 1.35. The van der Waals surface area contributed by atoms with Gasteiger partial charge in [0.05, 0.1) is 6.54 Å². The Hall–Kier alpha value is -2.14. The van der Waals surface area contributed by atoms with Crippen LogP contribution in [-0.4, -0.2) is 46.5 Å². The molecule has 0 aliphatic carbocycles. The van der Waals surface area contributed by atoms with Crippen LogP contribution in [0.15, 0.2) is 42.7 Å². The highest BCUT2D eigenvalue weighted by atomic mass is 16.2. The van der Waals surface area contributed by atoms with Crippen LogP contribution in [0.3, 0.4) is 0 Å². The normalized spacial score (nSPS) is 17.7. The van der Waals surface area contributed by atoms with Crippen LogP contribution in [0.25, 0.3) is 0 Å². The number of aryl methyl sites for hydroxylation is 1. The van der Waals surface area contributed by atoms with Gasteiger partial charge in [0.1, 0.15) is 5.82 Å². The van der Waals surface area contributed by atoms with E-state index in [0.717, 1.165) is 38.3 Å². The van der Waals surface area contributed by atoms with Crippen LogP contribution < -0.4 is 5.32 Å². The minimum atomic E-state index is 0.133. The van der Waals surface area contributed by atoms with Crippen LogP contribution in [0.2, 0.25) is 0 Å². The number of rotatable bonds is 8. The number of carbonyl (C=O) groups excluding carboxylic acids is 1. The number of nitrogens with zero attached hydrogens (tertiary/aromatic N) is 3. The molecule has 1 aromatic carbocycles. The molecule has 1 aliphatic rings.